The molecule has 22 heavy (non-hydrogen) atoms. The Morgan fingerprint density at radius 3 is 2.27 bits per heavy atom. The second kappa shape index (κ2) is 14.6. The number of rotatable bonds is 13. The highest BCUT2D eigenvalue weighted by molar-refractivity contribution is 5.83. The van der Waals surface area contributed by atoms with Gasteiger partial charge in [-0.25, -0.2) is 4.79 Å². The molecule has 7 heteroatoms. The number of carbonyl (C=O) groups excluding carboxylic acids is 2. The van der Waals surface area contributed by atoms with Gasteiger partial charge >= 0.3 is 6.03 Å². The molecule has 2 N–H and O–H groups in total. The Kier molecular flexibility index (Phi) is 13.7. The Hall–Kier alpha value is -1.34. The predicted molar refractivity (Wildman–Crippen MR) is 85.9 cm³/mol. The van der Waals surface area contributed by atoms with Crippen molar-refractivity contribution in [1.29, 1.82) is 0 Å². The van der Waals surface area contributed by atoms with Crippen molar-refractivity contribution < 1.29 is 19.1 Å². The number of ether oxygens (including phenoxy) is 2. The van der Waals surface area contributed by atoms with Crippen LogP contribution in [0.4, 0.5) is 4.79 Å². The molecule has 3 amide bonds. The molecule has 0 radical (unpaired) electrons. The molecule has 0 aromatic heterocycles. The lowest BCUT2D eigenvalue weighted by atomic mass is 10.4. The van der Waals surface area contributed by atoms with Crippen molar-refractivity contribution in [1.82, 2.24) is 15.5 Å². The van der Waals surface area contributed by atoms with E-state index in [9.17, 15) is 9.59 Å². The molecule has 0 fully saturated rings. The number of amides is 3. The number of carbonyl (C=O) groups is 2. The van der Waals surface area contributed by atoms with Gasteiger partial charge in [0.05, 0.1) is 19.8 Å². The second-order valence-corrected chi connectivity index (χ2v) is 4.81. The van der Waals surface area contributed by atoms with Crippen LogP contribution in [0.1, 0.15) is 33.6 Å². The summed E-state index contributed by atoms with van der Waals surface area (Å²) in [5.41, 5.74) is 0. The summed E-state index contributed by atoms with van der Waals surface area (Å²) >= 11 is 0. The lowest BCUT2D eigenvalue weighted by molar-refractivity contribution is -0.121. The highest BCUT2D eigenvalue weighted by atomic mass is 16.5. The summed E-state index contributed by atoms with van der Waals surface area (Å²) in [6.45, 7) is 9.76. The first kappa shape index (κ1) is 20.7. The molecule has 0 heterocycles. The van der Waals surface area contributed by atoms with Crippen LogP contribution in [-0.2, 0) is 14.3 Å². The molecule has 0 aromatic rings. The molecule has 130 valence electrons. The number of hydrogen-bond donors (Lipinski definition) is 2. The summed E-state index contributed by atoms with van der Waals surface area (Å²) in [4.78, 5) is 25.2. The molecule has 0 saturated carbocycles. The van der Waals surface area contributed by atoms with Crippen LogP contribution < -0.4 is 10.6 Å². The Morgan fingerprint density at radius 2 is 1.64 bits per heavy atom. The van der Waals surface area contributed by atoms with E-state index in [1.165, 1.54) is 4.90 Å². The third-order valence-corrected chi connectivity index (χ3v) is 2.79. The third-order valence-electron chi connectivity index (χ3n) is 2.79. The van der Waals surface area contributed by atoms with E-state index in [0.717, 1.165) is 12.8 Å². The van der Waals surface area contributed by atoms with Crippen LogP contribution in [0.3, 0.4) is 0 Å². The van der Waals surface area contributed by atoms with E-state index in [4.69, 9.17) is 9.47 Å². The van der Waals surface area contributed by atoms with Gasteiger partial charge in [0.1, 0.15) is 6.54 Å². The molecule has 0 aromatic carbocycles. The number of hydrogen-bond acceptors (Lipinski definition) is 4. The van der Waals surface area contributed by atoms with Crippen molar-refractivity contribution in [3.8, 4) is 0 Å². The molecular weight excluding hydrogens is 286 g/mol. The Balaban J connectivity index is 3.91. The minimum Gasteiger partial charge on any atom is -0.379 e. The van der Waals surface area contributed by atoms with Crippen LogP contribution >= 0.6 is 0 Å². The zero-order chi connectivity index (χ0) is 16.6. The van der Waals surface area contributed by atoms with Gasteiger partial charge < -0.3 is 25.0 Å². The van der Waals surface area contributed by atoms with Gasteiger partial charge in [-0.3, -0.25) is 4.79 Å². The summed E-state index contributed by atoms with van der Waals surface area (Å²) in [5.74, 6) is -0.126. The van der Waals surface area contributed by atoms with Crippen LogP contribution in [0, 0.1) is 0 Å². The summed E-state index contributed by atoms with van der Waals surface area (Å²) in [6, 6.07) is -0.234. The minimum absolute atomic E-state index is 0.0882. The SMILES string of the molecule is CCCNC(=O)CN(CCC)C(=O)NCCOCCOCC. The topological polar surface area (TPSA) is 79.9 Å². The molecule has 0 spiro atoms. The average Bonchev–Trinajstić information content (AvgIpc) is 2.51. The molecule has 7 nitrogen and oxygen atoms in total. The van der Waals surface area contributed by atoms with Gasteiger partial charge in [0, 0.05) is 26.2 Å². The quantitative estimate of drug-likeness (QED) is 0.496. The fourth-order valence-electron chi connectivity index (χ4n) is 1.72. The van der Waals surface area contributed by atoms with Gasteiger partial charge in [0.2, 0.25) is 5.91 Å². The van der Waals surface area contributed by atoms with Crippen molar-refractivity contribution >= 4 is 11.9 Å². The molecule has 0 saturated heterocycles. The summed E-state index contributed by atoms with van der Waals surface area (Å²) in [6.07, 6.45) is 1.68. The first-order chi connectivity index (χ1) is 10.7. The zero-order valence-electron chi connectivity index (χ0n) is 14.2. The normalized spacial score (nSPS) is 10.3. The van der Waals surface area contributed by atoms with Gasteiger partial charge in [0.25, 0.3) is 0 Å². The van der Waals surface area contributed by atoms with Crippen molar-refractivity contribution in [2.45, 2.75) is 33.6 Å². The number of nitrogens with zero attached hydrogens (tertiary/aromatic N) is 1. The second-order valence-electron chi connectivity index (χ2n) is 4.81. The van der Waals surface area contributed by atoms with Crippen LogP contribution in [0.15, 0.2) is 0 Å². The third kappa shape index (κ3) is 11.3. The first-order valence-electron chi connectivity index (χ1n) is 8.10. The first-order valence-corrected chi connectivity index (χ1v) is 8.10. The lowest BCUT2D eigenvalue weighted by Gasteiger charge is -2.22. The van der Waals surface area contributed by atoms with Crippen LogP contribution in [0.5, 0.6) is 0 Å². The molecule has 0 aliphatic carbocycles. The van der Waals surface area contributed by atoms with Gasteiger partial charge in [-0.1, -0.05) is 13.8 Å². The lowest BCUT2D eigenvalue weighted by Crippen LogP contribution is -2.46. The monoisotopic (exact) mass is 317 g/mol. The van der Waals surface area contributed by atoms with E-state index >= 15 is 0 Å². The Bertz CT molecular complexity index is 301. The van der Waals surface area contributed by atoms with E-state index in [2.05, 4.69) is 10.6 Å². The summed E-state index contributed by atoms with van der Waals surface area (Å²) in [7, 11) is 0. The van der Waals surface area contributed by atoms with E-state index < -0.39 is 0 Å². The maximum Gasteiger partial charge on any atom is 0.317 e. The Morgan fingerprint density at radius 1 is 0.909 bits per heavy atom. The smallest absolute Gasteiger partial charge is 0.317 e. The zero-order valence-corrected chi connectivity index (χ0v) is 14.2. The van der Waals surface area contributed by atoms with Crippen molar-refractivity contribution in [3.05, 3.63) is 0 Å². The molecule has 0 unspecified atom stereocenters. The summed E-state index contributed by atoms with van der Waals surface area (Å²) in [5, 5.41) is 5.53. The molecule has 0 rings (SSSR count). The minimum atomic E-state index is -0.234. The van der Waals surface area contributed by atoms with Gasteiger partial charge in [-0.05, 0) is 19.8 Å². The van der Waals surface area contributed by atoms with E-state index in [1.54, 1.807) is 0 Å². The van der Waals surface area contributed by atoms with Crippen molar-refractivity contribution in [3.63, 3.8) is 0 Å². The maximum absolute atomic E-state index is 12.0. The fourth-order valence-corrected chi connectivity index (χ4v) is 1.72. The van der Waals surface area contributed by atoms with Crippen LogP contribution in [0.25, 0.3) is 0 Å². The number of nitrogens with one attached hydrogen (secondary N) is 2. The van der Waals surface area contributed by atoms with Crippen LogP contribution in [0.2, 0.25) is 0 Å². The van der Waals surface area contributed by atoms with Crippen molar-refractivity contribution in [2.75, 3.05) is 52.6 Å². The van der Waals surface area contributed by atoms with Crippen LogP contribution in [-0.4, -0.2) is 69.4 Å². The molecule has 0 aliphatic rings. The summed E-state index contributed by atoms with van der Waals surface area (Å²) < 4.78 is 10.5. The maximum atomic E-state index is 12.0. The number of urea groups is 1. The average molecular weight is 317 g/mol. The highest BCUT2D eigenvalue weighted by Gasteiger charge is 2.15. The fraction of sp³-hybridized carbons (Fsp3) is 0.867. The van der Waals surface area contributed by atoms with E-state index in [-0.39, 0.29) is 18.5 Å². The highest BCUT2D eigenvalue weighted by Crippen LogP contribution is 1.93. The van der Waals surface area contributed by atoms with Crippen molar-refractivity contribution in [2.24, 2.45) is 0 Å². The largest absolute Gasteiger partial charge is 0.379 e. The van der Waals surface area contributed by atoms with Gasteiger partial charge in [-0.15, -0.1) is 0 Å². The standard InChI is InChI=1S/C15H31N3O4/c1-4-7-16-14(19)13-18(9-5-2)15(20)17-8-10-22-12-11-21-6-3/h4-13H2,1-3H3,(H,16,19)(H,17,20). The molecule has 0 aliphatic heterocycles. The van der Waals surface area contributed by atoms with Gasteiger partial charge in [0.15, 0.2) is 0 Å². The van der Waals surface area contributed by atoms with E-state index in [0.29, 0.717) is 46.1 Å². The molecular formula is C15H31N3O4. The predicted octanol–water partition coefficient (Wildman–Crippen LogP) is 0.987. The van der Waals surface area contributed by atoms with Gasteiger partial charge in [-0.2, -0.15) is 0 Å². The molecule has 0 bridgehead atoms. The molecule has 0 atom stereocenters. The Labute approximate surface area is 133 Å². The van der Waals surface area contributed by atoms with E-state index in [1.807, 2.05) is 20.8 Å².